The maximum absolute atomic E-state index is 11.8. The highest BCUT2D eigenvalue weighted by atomic mass is 35.5. The zero-order valence-electron chi connectivity index (χ0n) is 10.7. The zero-order chi connectivity index (χ0) is 14.5. The van der Waals surface area contributed by atoms with Crippen molar-refractivity contribution in [3.8, 4) is 0 Å². The van der Waals surface area contributed by atoms with E-state index in [9.17, 15) is 9.59 Å². The second-order valence-electron chi connectivity index (χ2n) is 3.86. The summed E-state index contributed by atoms with van der Waals surface area (Å²) in [7, 11) is 1.31. The van der Waals surface area contributed by atoms with Crippen LogP contribution in [0.1, 0.15) is 9.67 Å². The van der Waals surface area contributed by atoms with Gasteiger partial charge in [-0.25, -0.2) is 9.59 Å². The fourth-order valence-electron chi connectivity index (χ4n) is 1.72. The normalized spacial score (nSPS) is 10.3. The van der Waals surface area contributed by atoms with Crippen LogP contribution in [0.4, 0.5) is 10.5 Å². The number of thiophene rings is 1. The number of hydrogen-bond donors (Lipinski definition) is 2. The predicted octanol–water partition coefficient (Wildman–Crippen LogP) is 3.05. The molecule has 2 N–H and O–H groups in total. The summed E-state index contributed by atoms with van der Waals surface area (Å²) in [5.41, 5.74) is 0.463. The van der Waals surface area contributed by atoms with Gasteiger partial charge in [0.15, 0.2) is 0 Å². The van der Waals surface area contributed by atoms with Crippen LogP contribution in [0.3, 0.4) is 0 Å². The van der Waals surface area contributed by atoms with E-state index < -0.39 is 12.0 Å². The van der Waals surface area contributed by atoms with E-state index in [-0.39, 0.29) is 0 Å². The second-order valence-corrected chi connectivity index (χ2v) is 5.29. The van der Waals surface area contributed by atoms with Crippen LogP contribution in [0.15, 0.2) is 24.3 Å². The summed E-state index contributed by atoms with van der Waals surface area (Å²) in [6, 6.07) is 7.04. The number of benzene rings is 1. The molecule has 0 bridgehead atoms. The molecule has 0 saturated carbocycles. The Kier molecular flexibility index (Phi) is 4.81. The van der Waals surface area contributed by atoms with Crippen LogP contribution in [-0.2, 0) is 4.74 Å². The molecule has 1 aromatic carbocycles. The largest absolute Gasteiger partial charge is 0.465 e. The van der Waals surface area contributed by atoms with Crippen molar-refractivity contribution in [1.29, 1.82) is 0 Å². The van der Waals surface area contributed by atoms with Gasteiger partial charge in [0, 0.05) is 22.5 Å². The van der Waals surface area contributed by atoms with Gasteiger partial charge in [0.1, 0.15) is 4.88 Å². The van der Waals surface area contributed by atoms with Gasteiger partial charge in [-0.1, -0.05) is 18.2 Å². The highest BCUT2D eigenvalue weighted by Gasteiger charge is 2.20. The quantitative estimate of drug-likeness (QED) is 0.673. The van der Waals surface area contributed by atoms with Crippen LogP contribution in [0.5, 0.6) is 0 Å². The monoisotopic (exact) mass is 312 g/mol. The average molecular weight is 313 g/mol. The Balaban J connectivity index is 2.38. The van der Waals surface area contributed by atoms with Gasteiger partial charge in [-0.15, -0.1) is 22.9 Å². The van der Waals surface area contributed by atoms with Crippen molar-refractivity contribution in [2.75, 3.05) is 24.9 Å². The van der Waals surface area contributed by atoms with Gasteiger partial charge in [0.25, 0.3) is 0 Å². The Bertz CT molecular complexity index is 642. The lowest BCUT2D eigenvalue weighted by atomic mass is 10.2. The average Bonchev–Trinajstić information content (AvgIpc) is 2.83. The van der Waals surface area contributed by atoms with Crippen LogP contribution in [0, 0.1) is 0 Å². The number of ether oxygens (including phenoxy) is 1. The van der Waals surface area contributed by atoms with E-state index in [0.29, 0.717) is 23.0 Å². The maximum Gasteiger partial charge on any atom is 0.350 e. The minimum atomic E-state index is -0.473. The molecule has 0 saturated heterocycles. The van der Waals surface area contributed by atoms with Crippen molar-refractivity contribution in [3.05, 3.63) is 29.1 Å². The standard InChI is InChI=1S/C13H13ClN2O3S/c1-19-12(17)11-10(16-13(18)15-7-6-14)8-4-2-3-5-9(8)20-11/h2-5H,6-7H2,1H3,(H2,15,16,18). The molecule has 106 valence electrons. The van der Waals surface area contributed by atoms with Crippen molar-refractivity contribution in [3.63, 3.8) is 0 Å². The third-order valence-corrected chi connectivity index (χ3v) is 3.92. The molecule has 2 rings (SSSR count). The number of hydrogen-bond acceptors (Lipinski definition) is 4. The van der Waals surface area contributed by atoms with E-state index in [2.05, 4.69) is 10.6 Å². The Labute approximate surface area is 124 Å². The number of carbonyl (C=O) groups excluding carboxylic acids is 2. The number of esters is 1. The van der Waals surface area contributed by atoms with Crippen molar-refractivity contribution in [2.24, 2.45) is 0 Å². The number of nitrogens with one attached hydrogen (secondary N) is 2. The number of fused-ring (bicyclic) bond motifs is 1. The highest BCUT2D eigenvalue weighted by molar-refractivity contribution is 7.21. The molecule has 0 aliphatic heterocycles. The number of methoxy groups -OCH3 is 1. The minimum Gasteiger partial charge on any atom is -0.465 e. The lowest BCUT2D eigenvalue weighted by Gasteiger charge is -2.07. The number of alkyl halides is 1. The van der Waals surface area contributed by atoms with Crippen molar-refractivity contribution in [1.82, 2.24) is 5.32 Å². The molecule has 0 fully saturated rings. The third-order valence-electron chi connectivity index (χ3n) is 2.58. The van der Waals surface area contributed by atoms with Crippen molar-refractivity contribution < 1.29 is 14.3 Å². The van der Waals surface area contributed by atoms with Gasteiger partial charge < -0.3 is 15.4 Å². The first kappa shape index (κ1) is 14.6. The molecule has 1 aromatic heterocycles. The van der Waals surface area contributed by atoms with Crippen LogP contribution in [0.25, 0.3) is 10.1 Å². The Hall–Kier alpha value is -1.79. The molecular weight excluding hydrogens is 300 g/mol. The summed E-state index contributed by atoms with van der Waals surface area (Å²) in [4.78, 5) is 23.9. The Morgan fingerprint density at radius 2 is 2.10 bits per heavy atom. The Morgan fingerprint density at radius 3 is 2.80 bits per heavy atom. The molecule has 20 heavy (non-hydrogen) atoms. The number of amides is 2. The SMILES string of the molecule is COC(=O)c1sc2ccccc2c1NC(=O)NCCCl. The lowest BCUT2D eigenvalue weighted by molar-refractivity contribution is 0.0607. The van der Waals surface area contributed by atoms with Gasteiger partial charge in [0.2, 0.25) is 0 Å². The number of urea groups is 1. The van der Waals surface area contributed by atoms with Gasteiger partial charge in [0.05, 0.1) is 12.8 Å². The van der Waals surface area contributed by atoms with E-state index in [1.54, 1.807) is 0 Å². The summed E-state index contributed by atoms with van der Waals surface area (Å²) in [5.74, 6) is -0.152. The molecule has 0 atom stereocenters. The molecule has 0 radical (unpaired) electrons. The first-order valence-electron chi connectivity index (χ1n) is 5.88. The highest BCUT2D eigenvalue weighted by Crippen LogP contribution is 2.36. The molecule has 5 nitrogen and oxygen atoms in total. The van der Waals surface area contributed by atoms with E-state index in [1.807, 2.05) is 24.3 Å². The predicted molar refractivity (Wildman–Crippen MR) is 80.9 cm³/mol. The molecule has 2 aromatic rings. The fourth-order valence-corrected chi connectivity index (χ4v) is 2.90. The second kappa shape index (κ2) is 6.58. The van der Waals surface area contributed by atoms with Crippen LogP contribution < -0.4 is 10.6 Å². The molecule has 0 aliphatic carbocycles. The Morgan fingerprint density at radius 1 is 1.35 bits per heavy atom. The third kappa shape index (κ3) is 3.02. The summed E-state index contributed by atoms with van der Waals surface area (Å²) in [6.45, 7) is 0.350. The summed E-state index contributed by atoms with van der Waals surface area (Å²) in [6.07, 6.45) is 0. The van der Waals surface area contributed by atoms with E-state index in [1.165, 1.54) is 18.4 Å². The molecule has 1 heterocycles. The summed E-state index contributed by atoms with van der Waals surface area (Å²) >= 11 is 6.79. The van der Waals surface area contributed by atoms with Gasteiger partial charge in [-0.3, -0.25) is 0 Å². The molecule has 2 amide bonds. The van der Waals surface area contributed by atoms with Crippen LogP contribution in [-0.4, -0.2) is 31.5 Å². The van der Waals surface area contributed by atoms with Crippen LogP contribution in [0.2, 0.25) is 0 Å². The van der Waals surface area contributed by atoms with E-state index in [4.69, 9.17) is 16.3 Å². The molecule has 7 heteroatoms. The topological polar surface area (TPSA) is 67.4 Å². The zero-order valence-corrected chi connectivity index (χ0v) is 12.3. The molecular formula is C13H13ClN2O3S. The summed E-state index contributed by atoms with van der Waals surface area (Å²) < 4.78 is 5.65. The first-order valence-corrected chi connectivity index (χ1v) is 7.23. The van der Waals surface area contributed by atoms with Gasteiger partial charge in [-0.2, -0.15) is 0 Å². The van der Waals surface area contributed by atoms with E-state index in [0.717, 1.165) is 10.1 Å². The van der Waals surface area contributed by atoms with Crippen LogP contribution >= 0.6 is 22.9 Å². The van der Waals surface area contributed by atoms with Crippen molar-refractivity contribution >= 4 is 50.7 Å². The maximum atomic E-state index is 11.8. The van der Waals surface area contributed by atoms with Crippen molar-refractivity contribution in [2.45, 2.75) is 0 Å². The van der Waals surface area contributed by atoms with Gasteiger partial charge >= 0.3 is 12.0 Å². The fraction of sp³-hybridized carbons (Fsp3) is 0.231. The number of carbonyl (C=O) groups is 2. The number of rotatable bonds is 4. The smallest absolute Gasteiger partial charge is 0.350 e. The summed E-state index contributed by atoms with van der Waals surface area (Å²) in [5, 5.41) is 6.08. The molecule has 0 spiro atoms. The first-order chi connectivity index (χ1) is 9.67. The molecule has 0 unspecified atom stereocenters. The van der Waals surface area contributed by atoms with Gasteiger partial charge in [-0.05, 0) is 6.07 Å². The number of halogens is 1. The van der Waals surface area contributed by atoms with E-state index >= 15 is 0 Å². The lowest BCUT2D eigenvalue weighted by Crippen LogP contribution is -2.30. The number of anilines is 1. The molecule has 0 aliphatic rings. The minimum absolute atomic E-state index is 0.321.